The number of sulfonamides is 2. The van der Waals surface area contributed by atoms with Crippen LogP contribution in [0.1, 0.15) is 26.3 Å². The van der Waals surface area contributed by atoms with Gasteiger partial charge in [0.25, 0.3) is 10.0 Å². The molecule has 142 valence electrons. The minimum absolute atomic E-state index is 0.0192. The average Bonchev–Trinajstić information content (AvgIpc) is 2.54. The molecule has 2 aromatic rings. The minimum atomic E-state index is -3.82. The molecule has 2 aromatic carbocycles. The highest BCUT2D eigenvalue weighted by molar-refractivity contribution is 7.92. The maximum atomic E-state index is 12.6. The Morgan fingerprint density at radius 2 is 1.42 bits per heavy atom. The smallest absolute Gasteiger partial charge is 0.261 e. The Morgan fingerprint density at radius 1 is 0.846 bits per heavy atom. The van der Waals surface area contributed by atoms with E-state index in [1.165, 1.54) is 38.4 Å². The SMILES string of the molecule is CN(C)S(=O)(=O)c1cccc(NS(=O)(=O)c2ccc(C(C)(C)C)cc2)c1. The molecule has 6 nitrogen and oxygen atoms in total. The molecule has 26 heavy (non-hydrogen) atoms. The van der Waals surface area contributed by atoms with E-state index in [4.69, 9.17) is 0 Å². The summed E-state index contributed by atoms with van der Waals surface area (Å²) in [4.78, 5) is 0.136. The summed E-state index contributed by atoms with van der Waals surface area (Å²) in [5.74, 6) is 0. The van der Waals surface area contributed by atoms with Crippen LogP contribution in [0.2, 0.25) is 0 Å². The van der Waals surface area contributed by atoms with E-state index in [0.717, 1.165) is 9.87 Å². The van der Waals surface area contributed by atoms with E-state index in [-0.39, 0.29) is 20.9 Å². The molecular formula is C18H24N2O4S2. The van der Waals surface area contributed by atoms with E-state index >= 15 is 0 Å². The zero-order valence-corrected chi connectivity index (χ0v) is 17.1. The van der Waals surface area contributed by atoms with E-state index in [2.05, 4.69) is 4.72 Å². The average molecular weight is 397 g/mol. The zero-order valence-electron chi connectivity index (χ0n) is 15.5. The molecule has 0 spiro atoms. The van der Waals surface area contributed by atoms with Crippen molar-refractivity contribution in [3.05, 3.63) is 54.1 Å². The van der Waals surface area contributed by atoms with Gasteiger partial charge in [0.1, 0.15) is 0 Å². The van der Waals surface area contributed by atoms with Gasteiger partial charge in [-0.25, -0.2) is 21.1 Å². The van der Waals surface area contributed by atoms with Gasteiger partial charge in [0.2, 0.25) is 10.0 Å². The van der Waals surface area contributed by atoms with Crippen molar-refractivity contribution >= 4 is 25.7 Å². The molecule has 0 heterocycles. The predicted octanol–water partition coefficient (Wildman–Crippen LogP) is 3.04. The third-order valence-corrected chi connectivity index (χ3v) is 7.10. The van der Waals surface area contributed by atoms with Crippen LogP contribution in [0.3, 0.4) is 0 Å². The van der Waals surface area contributed by atoms with Crippen LogP contribution in [0.5, 0.6) is 0 Å². The van der Waals surface area contributed by atoms with Crippen molar-refractivity contribution in [1.82, 2.24) is 4.31 Å². The lowest BCUT2D eigenvalue weighted by Gasteiger charge is -2.19. The molecule has 0 saturated heterocycles. The van der Waals surface area contributed by atoms with Crippen molar-refractivity contribution in [3.63, 3.8) is 0 Å². The quantitative estimate of drug-likeness (QED) is 0.842. The van der Waals surface area contributed by atoms with E-state index in [0.29, 0.717) is 0 Å². The number of rotatable bonds is 5. The standard InChI is InChI=1S/C18H24N2O4S2/c1-18(2,3)14-9-11-16(12-10-14)25(21,22)19-15-7-6-8-17(13-15)26(23,24)20(4)5/h6-13,19H,1-5H3. The monoisotopic (exact) mass is 396 g/mol. The summed E-state index contributed by atoms with van der Waals surface area (Å²) in [6, 6.07) is 12.4. The fourth-order valence-corrected chi connectivity index (χ4v) is 4.28. The fraction of sp³-hybridized carbons (Fsp3) is 0.333. The van der Waals surface area contributed by atoms with Gasteiger partial charge in [0.05, 0.1) is 15.5 Å². The van der Waals surface area contributed by atoms with Crippen LogP contribution in [-0.4, -0.2) is 35.2 Å². The first kappa shape index (κ1) is 20.4. The molecule has 0 saturated carbocycles. The lowest BCUT2D eigenvalue weighted by atomic mass is 9.87. The van der Waals surface area contributed by atoms with Gasteiger partial charge in [0, 0.05) is 14.1 Å². The molecule has 8 heteroatoms. The minimum Gasteiger partial charge on any atom is -0.280 e. The largest absolute Gasteiger partial charge is 0.280 e. The van der Waals surface area contributed by atoms with Gasteiger partial charge in [-0.15, -0.1) is 0 Å². The van der Waals surface area contributed by atoms with Crippen molar-refractivity contribution in [2.75, 3.05) is 18.8 Å². The molecule has 0 unspecified atom stereocenters. The number of anilines is 1. The maximum Gasteiger partial charge on any atom is 0.261 e. The van der Waals surface area contributed by atoms with Crippen molar-refractivity contribution in [3.8, 4) is 0 Å². The number of nitrogens with zero attached hydrogens (tertiary/aromatic N) is 1. The Morgan fingerprint density at radius 3 is 1.92 bits per heavy atom. The molecule has 0 atom stereocenters. The molecule has 0 fully saturated rings. The molecule has 0 aliphatic carbocycles. The second-order valence-corrected chi connectivity index (χ2v) is 11.0. The molecule has 0 radical (unpaired) electrons. The van der Waals surface area contributed by atoms with Crippen molar-refractivity contribution in [2.24, 2.45) is 0 Å². The van der Waals surface area contributed by atoms with Gasteiger partial charge in [0.15, 0.2) is 0 Å². The number of nitrogens with one attached hydrogen (secondary N) is 1. The number of benzene rings is 2. The van der Waals surface area contributed by atoms with Gasteiger partial charge < -0.3 is 0 Å². The lowest BCUT2D eigenvalue weighted by molar-refractivity contribution is 0.520. The fourth-order valence-electron chi connectivity index (χ4n) is 2.28. The second-order valence-electron chi connectivity index (χ2n) is 7.20. The zero-order chi connectivity index (χ0) is 19.8. The van der Waals surface area contributed by atoms with Crippen molar-refractivity contribution in [1.29, 1.82) is 0 Å². The first-order valence-electron chi connectivity index (χ1n) is 8.00. The summed E-state index contributed by atoms with van der Waals surface area (Å²) in [5, 5.41) is 0. The number of hydrogen-bond acceptors (Lipinski definition) is 4. The Hall–Kier alpha value is -1.90. The Balaban J connectivity index is 2.33. The second kappa shape index (κ2) is 7.02. The van der Waals surface area contributed by atoms with E-state index in [9.17, 15) is 16.8 Å². The lowest BCUT2D eigenvalue weighted by Crippen LogP contribution is -2.22. The summed E-state index contributed by atoms with van der Waals surface area (Å²) in [6.45, 7) is 6.14. The Labute approximate surface area is 156 Å². The van der Waals surface area contributed by atoms with E-state index in [1.54, 1.807) is 24.3 Å². The van der Waals surface area contributed by atoms with Gasteiger partial charge in [-0.1, -0.05) is 39.0 Å². The molecule has 0 amide bonds. The highest BCUT2D eigenvalue weighted by Gasteiger charge is 2.20. The Bertz CT molecular complexity index is 988. The normalized spacial score (nSPS) is 13.0. The van der Waals surface area contributed by atoms with Crippen LogP contribution in [0.4, 0.5) is 5.69 Å². The summed E-state index contributed by atoms with van der Waals surface area (Å²) in [5.41, 5.74) is 1.13. The molecule has 0 aromatic heterocycles. The van der Waals surface area contributed by atoms with Crippen LogP contribution in [0.15, 0.2) is 58.3 Å². The van der Waals surface area contributed by atoms with E-state index in [1.807, 2.05) is 20.8 Å². The van der Waals surface area contributed by atoms with Gasteiger partial charge in [-0.3, -0.25) is 4.72 Å². The van der Waals surface area contributed by atoms with E-state index < -0.39 is 20.0 Å². The summed E-state index contributed by atoms with van der Waals surface area (Å²) >= 11 is 0. The Kier molecular flexibility index (Phi) is 5.51. The first-order chi connectivity index (χ1) is 11.8. The van der Waals surface area contributed by atoms with Crippen LogP contribution < -0.4 is 4.72 Å². The molecular weight excluding hydrogens is 372 g/mol. The van der Waals surface area contributed by atoms with Crippen LogP contribution in [-0.2, 0) is 25.5 Å². The third-order valence-electron chi connectivity index (χ3n) is 3.90. The van der Waals surface area contributed by atoms with Gasteiger partial charge >= 0.3 is 0 Å². The maximum absolute atomic E-state index is 12.6. The third kappa shape index (κ3) is 4.44. The summed E-state index contributed by atoms with van der Waals surface area (Å²) < 4.78 is 53.1. The molecule has 2 rings (SSSR count). The summed E-state index contributed by atoms with van der Waals surface area (Å²) in [6.07, 6.45) is 0. The highest BCUT2D eigenvalue weighted by atomic mass is 32.2. The van der Waals surface area contributed by atoms with Crippen molar-refractivity contribution < 1.29 is 16.8 Å². The van der Waals surface area contributed by atoms with Gasteiger partial charge in [-0.2, -0.15) is 0 Å². The molecule has 1 N–H and O–H groups in total. The highest BCUT2D eigenvalue weighted by Crippen LogP contribution is 2.25. The van der Waals surface area contributed by atoms with Gasteiger partial charge in [-0.05, 0) is 41.3 Å². The topological polar surface area (TPSA) is 83.6 Å². The molecule has 0 bridgehead atoms. The molecule has 0 aliphatic heterocycles. The number of hydrogen-bond donors (Lipinski definition) is 1. The van der Waals surface area contributed by atoms with Crippen LogP contribution >= 0.6 is 0 Å². The van der Waals surface area contributed by atoms with Crippen LogP contribution in [0.25, 0.3) is 0 Å². The molecule has 0 aliphatic rings. The van der Waals surface area contributed by atoms with Crippen molar-refractivity contribution in [2.45, 2.75) is 36.0 Å². The predicted molar refractivity (Wildman–Crippen MR) is 103 cm³/mol. The summed E-state index contributed by atoms with van der Waals surface area (Å²) in [7, 11) is -4.62. The van der Waals surface area contributed by atoms with Crippen LogP contribution in [0, 0.1) is 0 Å². The first-order valence-corrected chi connectivity index (χ1v) is 10.9.